The quantitative estimate of drug-likeness (QED) is 0.533. The Bertz CT molecular complexity index is 481. The molecular formula is C10H16N4O3. The number of nitrogens with two attached hydrogens (primary N) is 2. The van der Waals surface area contributed by atoms with Crippen molar-refractivity contribution in [3.8, 4) is 0 Å². The molecule has 0 amide bonds. The normalized spacial score (nSPS) is 10.2. The summed E-state index contributed by atoms with van der Waals surface area (Å²) in [6.07, 6.45) is 0.365. The van der Waals surface area contributed by atoms with Crippen molar-refractivity contribution in [1.82, 2.24) is 9.66 Å². The van der Waals surface area contributed by atoms with Crippen LogP contribution < -0.4 is 17.1 Å². The van der Waals surface area contributed by atoms with Crippen LogP contribution in [0.15, 0.2) is 4.79 Å². The second kappa shape index (κ2) is 5.33. The Morgan fingerprint density at radius 2 is 2.18 bits per heavy atom. The molecule has 0 atom stereocenters. The standard InChI is InChI=1S/C10H16N4O3/c1-3-17-8(15)5-4-7-6(2)13-10(11)14(12)9(7)16/h3-5,12H2,1-2H3,(H2,11,13). The van der Waals surface area contributed by atoms with E-state index in [1.54, 1.807) is 13.8 Å². The lowest BCUT2D eigenvalue weighted by Crippen LogP contribution is -2.34. The lowest BCUT2D eigenvalue weighted by molar-refractivity contribution is -0.143. The van der Waals surface area contributed by atoms with Crippen LogP contribution in [0.3, 0.4) is 0 Å². The maximum Gasteiger partial charge on any atom is 0.306 e. The SMILES string of the molecule is CCOC(=O)CCc1c(C)nc(N)n(N)c1=O. The summed E-state index contributed by atoms with van der Waals surface area (Å²) >= 11 is 0. The highest BCUT2D eigenvalue weighted by atomic mass is 16.5. The van der Waals surface area contributed by atoms with Crippen molar-refractivity contribution < 1.29 is 9.53 Å². The van der Waals surface area contributed by atoms with E-state index in [2.05, 4.69) is 4.98 Å². The first-order chi connectivity index (χ1) is 7.97. The van der Waals surface area contributed by atoms with Crippen molar-refractivity contribution in [1.29, 1.82) is 0 Å². The highest BCUT2D eigenvalue weighted by Gasteiger charge is 2.12. The van der Waals surface area contributed by atoms with Gasteiger partial charge < -0.3 is 16.3 Å². The van der Waals surface area contributed by atoms with E-state index in [0.29, 0.717) is 17.9 Å². The van der Waals surface area contributed by atoms with E-state index in [0.717, 1.165) is 4.68 Å². The van der Waals surface area contributed by atoms with Crippen LogP contribution in [0.5, 0.6) is 0 Å². The van der Waals surface area contributed by atoms with Crippen LogP contribution in [-0.4, -0.2) is 22.2 Å². The Balaban J connectivity index is 2.89. The van der Waals surface area contributed by atoms with Gasteiger partial charge in [0.25, 0.3) is 5.56 Å². The van der Waals surface area contributed by atoms with E-state index in [4.69, 9.17) is 16.3 Å². The smallest absolute Gasteiger partial charge is 0.306 e. The molecule has 1 heterocycles. The number of carbonyl (C=O) groups excluding carboxylic acids is 1. The van der Waals surface area contributed by atoms with Crippen LogP contribution in [0.4, 0.5) is 5.95 Å². The molecule has 1 aromatic heterocycles. The molecule has 94 valence electrons. The fourth-order valence-corrected chi connectivity index (χ4v) is 1.45. The van der Waals surface area contributed by atoms with E-state index in [1.807, 2.05) is 0 Å². The molecule has 0 saturated heterocycles. The molecule has 4 N–H and O–H groups in total. The number of anilines is 1. The predicted octanol–water partition coefficient (Wildman–Crippen LogP) is -0.657. The molecule has 0 saturated carbocycles. The van der Waals surface area contributed by atoms with Crippen LogP contribution in [0.2, 0.25) is 0 Å². The first kappa shape index (κ1) is 13.0. The van der Waals surface area contributed by atoms with Crippen LogP contribution in [0.25, 0.3) is 0 Å². The molecule has 1 rings (SSSR count). The maximum atomic E-state index is 11.7. The number of ether oxygens (including phenoxy) is 1. The number of nitrogens with zero attached hydrogens (tertiary/aromatic N) is 2. The summed E-state index contributed by atoms with van der Waals surface area (Å²) in [5, 5.41) is 0. The highest BCUT2D eigenvalue weighted by molar-refractivity contribution is 5.69. The monoisotopic (exact) mass is 240 g/mol. The van der Waals surface area contributed by atoms with Crippen molar-refractivity contribution in [2.24, 2.45) is 0 Å². The number of hydrogen-bond donors (Lipinski definition) is 2. The zero-order chi connectivity index (χ0) is 13.0. The molecule has 7 heteroatoms. The van der Waals surface area contributed by atoms with E-state index < -0.39 is 5.56 Å². The molecule has 0 bridgehead atoms. The third kappa shape index (κ3) is 2.96. The molecule has 17 heavy (non-hydrogen) atoms. The average molecular weight is 240 g/mol. The first-order valence-corrected chi connectivity index (χ1v) is 5.26. The van der Waals surface area contributed by atoms with Gasteiger partial charge in [-0.25, -0.2) is 4.98 Å². The number of aromatic nitrogens is 2. The number of hydrogen-bond acceptors (Lipinski definition) is 6. The van der Waals surface area contributed by atoms with Gasteiger partial charge in [0, 0.05) is 12.0 Å². The number of esters is 1. The van der Waals surface area contributed by atoms with E-state index in [9.17, 15) is 9.59 Å². The number of aryl methyl sites for hydroxylation is 1. The van der Waals surface area contributed by atoms with Crippen molar-refractivity contribution in [3.63, 3.8) is 0 Å². The second-order valence-electron chi connectivity index (χ2n) is 3.51. The average Bonchev–Trinajstić information content (AvgIpc) is 2.26. The predicted molar refractivity (Wildman–Crippen MR) is 62.8 cm³/mol. The second-order valence-corrected chi connectivity index (χ2v) is 3.51. The van der Waals surface area contributed by atoms with Crippen LogP contribution >= 0.6 is 0 Å². The van der Waals surface area contributed by atoms with Gasteiger partial charge in [-0.1, -0.05) is 0 Å². The van der Waals surface area contributed by atoms with Gasteiger partial charge in [0.15, 0.2) is 0 Å². The summed E-state index contributed by atoms with van der Waals surface area (Å²) in [6, 6.07) is 0. The zero-order valence-corrected chi connectivity index (χ0v) is 9.90. The Labute approximate surface area is 98.4 Å². The lowest BCUT2D eigenvalue weighted by atomic mass is 10.1. The number of rotatable bonds is 4. The van der Waals surface area contributed by atoms with Crippen LogP contribution in [0.1, 0.15) is 24.6 Å². The Kier molecular flexibility index (Phi) is 4.08. The molecule has 0 aliphatic heterocycles. The van der Waals surface area contributed by atoms with Gasteiger partial charge in [-0.15, -0.1) is 0 Å². The van der Waals surface area contributed by atoms with Gasteiger partial charge in [-0.2, -0.15) is 4.68 Å². The summed E-state index contributed by atoms with van der Waals surface area (Å²) < 4.78 is 5.54. The van der Waals surface area contributed by atoms with Gasteiger partial charge in [0.2, 0.25) is 5.95 Å². The summed E-state index contributed by atoms with van der Waals surface area (Å²) in [4.78, 5) is 26.9. The van der Waals surface area contributed by atoms with Crippen LogP contribution in [0, 0.1) is 6.92 Å². The highest BCUT2D eigenvalue weighted by Crippen LogP contribution is 2.05. The molecule has 0 fully saturated rings. The minimum absolute atomic E-state index is 0.0487. The van der Waals surface area contributed by atoms with Gasteiger partial charge in [0.05, 0.1) is 12.3 Å². The number of nitrogen functional groups attached to an aromatic ring is 2. The van der Waals surface area contributed by atoms with Crippen molar-refractivity contribution >= 4 is 11.9 Å². The molecule has 0 spiro atoms. The molecular weight excluding hydrogens is 224 g/mol. The van der Waals surface area contributed by atoms with Crippen molar-refractivity contribution in [3.05, 3.63) is 21.6 Å². The zero-order valence-electron chi connectivity index (χ0n) is 9.90. The minimum Gasteiger partial charge on any atom is -0.466 e. The van der Waals surface area contributed by atoms with Crippen molar-refractivity contribution in [2.45, 2.75) is 26.7 Å². The largest absolute Gasteiger partial charge is 0.466 e. The van der Waals surface area contributed by atoms with Crippen LogP contribution in [-0.2, 0) is 16.0 Å². The third-order valence-corrected chi connectivity index (χ3v) is 2.33. The summed E-state index contributed by atoms with van der Waals surface area (Å²) in [7, 11) is 0. The summed E-state index contributed by atoms with van der Waals surface area (Å²) in [5.41, 5.74) is 5.87. The van der Waals surface area contributed by atoms with Gasteiger partial charge >= 0.3 is 5.97 Å². The Morgan fingerprint density at radius 1 is 1.53 bits per heavy atom. The molecule has 0 aliphatic rings. The maximum absolute atomic E-state index is 11.7. The topological polar surface area (TPSA) is 113 Å². The fraction of sp³-hybridized carbons (Fsp3) is 0.500. The molecule has 0 radical (unpaired) electrons. The summed E-state index contributed by atoms with van der Waals surface area (Å²) in [5.74, 6) is 5.01. The van der Waals surface area contributed by atoms with Gasteiger partial charge in [-0.3, -0.25) is 9.59 Å². The third-order valence-electron chi connectivity index (χ3n) is 2.33. The molecule has 7 nitrogen and oxygen atoms in total. The first-order valence-electron chi connectivity index (χ1n) is 5.26. The molecule has 0 aromatic carbocycles. The van der Waals surface area contributed by atoms with Gasteiger partial charge in [0.1, 0.15) is 0 Å². The molecule has 1 aromatic rings. The molecule has 0 aliphatic carbocycles. The van der Waals surface area contributed by atoms with Crippen molar-refractivity contribution in [2.75, 3.05) is 18.2 Å². The van der Waals surface area contributed by atoms with E-state index >= 15 is 0 Å². The lowest BCUT2D eigenvalue weighted by Gasteiger charge is -2.08. The van der Waals surface area contributed by atoms with Gasteiger partial charge in [-0.05, 0) is 20.3 Å². The number of carbonyl (C=O) groups is 1. The summed E-state index contributed by atoms with van der Waals surface area (Å²) in [6.45, 7) is 3.69. The molecule has 0 unspecified atom stereocenters. The minimum atomic E-state index is -0.431. The Morgan fingerprint density at radius 3 is 2.76 bits per heavy atom. The van der Waals surface area contributed by atoms with E-state index in [-0.39, 0.29) is 24.8 Å². The Hall–Kier alpha value is -2.05. The van der Waals surface area contributed by atoms with E-state index in [1.165, 1.54) is 0 Å². The fourth-order valence-electron chi connectivity index (χ4n) is 1.45.